The van der Waals surface area contributed by atoms with Gasteiger partial charge in [0, 0.05) is 18.3 Å². The summed E-state index contributed by atoms with van der Waals surface area (Å²) in [6, 6.07) is 6.53. The van der Waals surface area contributed by atoms with Crippen LogP contribution in [-0.4, -0.2) is 29.5 Å². The molecule has 0 radical (unpaired) electrons. The van der Waals surface area contributed by atoms with Crippen LogP contribution >= 0.6 is 0 Å². The normalized spacial score (nSPS) is 13.0. The van der Waals surface area contributed by atoms with Gasteiger partial charge in [0.1, 0.15) is 0 Å². The SMILES string of the molecule is Cc1cccc(CN(C)CCCCC(C)N)n1. The lowest BCUT2D eigenvalue weighted by molar-refractivity contribution is 0.312. The van der Waals surface area contributed by atoms with Gasteiger partial charge in [-0.3, -0.25) is 4.98 Å². The first-order chi connectivity index (χ1) is 8.08. The molecule has 0 aliphatic carbocycles. The van der Waals surface area contributed by atoms with Crippen molar-refractivity contribution in [2.75, 3.05) is 13.6 Å². The van der Waals surface area contributed by atoms with E-state index in [1.807, 2.05) is 13.0 Å². The minimum Gasteiger partial charge on any atom is -0.328 e. The van der Waals surface area contributed by atoms with E-state index in [0.717, 1.165) is 30.9 Å². The van der Waals surface area contributed by atoms with Crippen LogP contribution in [0.15, 0.2) is 18.2 Å². The largest absolute Gasteiger partial charge is 0.328 e. The van der Waals surface area contributed by atoms with Crippen LogP contribution in [0, 0.1) is 6.92 Å². The van der Waals surface area contributed by atoms with E-state index in [1.54, 1.807) is 0 Å². The number of pyridine rings is 1. The summed E-state index contributed by atoms with van der Waals surface area (Å²) in [7, 11) is 2.15. The molecular weight excluding hydrogens is 210 g/mol. The molecule has 17 heavy (non-hydrogen) atoms. The van der Waals surface area contributed by atoms with Gasteiger partial charge in [0.15, 0.2) is 0 Å². The van der Waals surface area contributed by atoms with Gasteiger partial charge in [0.05, 0.1) is 5.69 Å². The predicted octanol–water partition coefficient (Wildman–Crippen LogP) is 2.34. The van der Waals surface area contributed by atoms with Crippen molar-refractivity contribution in [2.45, 2.75) is 45.7 Å². The van der Waals surface area contributed by atoms with Crippen LogP contribution in [0.25, 0.3) is 0 Å². The number of rotatable bonds is 7. The number of unbranched alkanes of at least 4 members (excludes halogenated alkanes) is 1. The van der Waals surface area contributed by atoms with Gasteiger partial charge in [-0.15, -0.1) is 0 Å². The van der Waals surface area contributed by atoms with Crippen molar-refractivity contribution in [1.29, 1.82) is 0 Å². The Hall–Kier alpha value is -0.930. The minimum absolute atomic E-state index is 0.332. The van der Waals surface area contributed by atoms with E-state index in [0.29, 0.717) is 6.04 Å². The zero-order valence-electron chi connectivity index (χ0n) is 11.3. The average Bonchev–Trinajstić information content (AvgIpc) is 2.24. The summed E-state index contributed by atoms with van der Waals surface area (Å²) < 4.78 is 0. The molecule has 0 fully saturated rings. The fraction of sp³-hybridized carbons (Fsp3) is 0.643. The van der Waals surface area contributed by atoms with Crippen molar-refractivity contribution in [2.24, 2.45) is 5.73 Å². The maximum Gasteiger partial charge on any atom is 0.0547 e. The van der Waals surface area contributed by atoms with Crippen LogP contribution < -0.4 is 5.73 Å². The Bertz CT molecular complexity index is 323. The van der Waals surface area contributed by atoms with Crippen LogP contribution in [0.1, 0.15) is 37.6 Å². The molecule has 0 amide bonds. The Kier molecular flexibility index (Phi) is 6.16. The van der Waals surface area contributed by atoms with Gasteiger partial charge in [-0.2, -0.15) is 0 Å². The average molecular weight is 235 g/mol. The molecule has 1 aromatic heterocycles. The molecule has 0 aromatic carbocycles. The summed E-state index contributed by atoms with van der Waals surface area (Å²) in [6.07, 6.45) is 3.55. The second kappa shape index (κ2) is 7.41. The molecule has 0 saturated heterocycles. The topological polar surface area (TPSA) is 42.1 Å². The standard InChI is InChI=1S/C14H25N3/c1-12(15)7-4-5-10-17(3)11-14-9-6-8-13(2)16-14/h6,8-9,12H,4-5,7,10-11,15H2,1-3H3. The molecule has 1 aromatic rings. The van der Waals surface area contributed by atoms with E-state index in [9.17, 15) is 0 Å². The van der Waals surface area contributed by atoms with Crippen LogP contribution in [-0.2, 0) is 6.54 Å². The lowest BCUT2D eigenvalue weighted by atomic mass is 10.1. The highest BCUT2D eigenvalue weighted by Gasteiger charge is 2.02. The van der Waals surface area contributed by atoms with Crippen molar-refractivity contribution >= 4 is 0 Å². The molecule has 2 N–H and O–H groups in total. The van der Waals surface area contributed by atoms with Crippen molar-refractivity contribution < 1.29 is 0 Å². The van der Waals surface area contributed by atoms with Gasteiger partial charge in [-0.05, 0) is 52.4 Å². The molecule has 1 rings (SSSR count). The van der Waals surface area contributed by atoms with Crippen molar-refractivity contribution in [3.8, 4) is 0 Å². The third-order valence-electron chi connectivity index (χ3n) is 2.83. The molecule has 1 atom stereocenters. The first-order valence-electron chi connectivity index (χ1n) is 6.44. The molecule has 1 heterocycles. The molecular formula is C14H25N3. The van der Waals surface area contributed by atoms with Gasteiger partial charge < -0.3 is 10.6 Å². The van der Waals surface area contributed by atoms with Gasteiger partial charge in [-0.25, -0.2) is 0 Å². The maximum atomic E-state index is 5.73. The number of aryl methyl sites for hydroxylation is 1. The van der Waals surface area contributed by atoms with Crippen LogP contribution in [0.3, 0.4) is 0 Å². The molecule has 96 valence electrons. The summed E-state index contributed by atoms with van der Waals surface area (Å²) >= 11 is 0. The summed E-state index contributed by atoms with van der Waals surface area (Å²) in [4.78, 5) is 6.83. The monoisotopic (exact) mass is 235 g/mol. The summed E-state index contributed by atoms with van der Waals surface area (Å²) in [5.41, 5.74) is 7.97. The van der Waals surface area contributed by atoms with Gasteiger partial charge in [0.2, 0.25) is 0 Å². The van der Waals surface area contributed by atoms with E-state index >= 15 is 0 Å². The summed E-state index contributed by atoms with van der Waals surface area (Å²) in [5.74, 6) is 0. The zero-order valence-corrected chi connectivity index (χ0v) is 11.3. The number of hydrogen-bond acceptors (Lipinski definition) is 3. The van der Waals surface area contributed by atoms with E-state index in [-0.39, 0.29) is 0 Å². The fourth-order valence-corrected chi connectivity index (χ4v) is 1.89. The Morgan fingerprint density at radius 3 is 2.76 bits per heavy atom. The van der Waals surface area contributed by atoms with Crippen molar-refractivity contribution in [1.82, 2.24) is 9.88 Å². The number of nitrogens with two attached hydrogens (primary N) is 1. The quantitative estimate of drug-likeness (QED) is 0.738. The van der Waals surface area contributed by atoms with Gasteiger partial charge in [0.25, 0.3) is 0 Å². The Morgan fingerprint density at radius 1 is 1.35 bits per heavy atom. The summed E-state index contributed by atoms with van der Waals surface area (Å²) in [6.45, 7) is 6.15. The number of aromatic nitrogens is 1. The molecule has 0 aliphatic rings. The fourth-order valence-electron chi connectivity index (χ4n) is 1.89. The zero-order chi connectivity index (χ0) is 12.7. The highest BCUT2D eigenvalue weighted by Crippen LogP contribution is 2.04. The van der Waals surface area contributed by atoms with Gasteiger partial charge in [-0.1, -0.05) is 12.5 Å². The smallest absolute Gasteiger partial charge is 0.0547 e. The molecule has 3 nitrogen and oxygen atoms in total. The second-order valence-electron chi connectivity index (χ2n) is 4.98. The third kappa shape index (κ3) is 6.39. The van der Waals surface area contributed by atoms with Crippen LogP contribution in [0.4, 0.5) is 0 Å². The molecule has 0 bridgehead atoms. The van der Waals surface area contributed by atoms with Crippen LogP contribution in [0.2, 0.25) is 0 Å². The van der Waals surface area contributed by atoms with Crippen molar-refractivity contribution in [3.05, 3.63) is 29.6 Å². The number of nitrogens with zero attached hydrogens (tertiary/aromatic N) is 2. The lowest BCUT2D eigenvalue weighted by Crippen LogP contribution is -2.21. The van der Waals surface area contributed by atoms with Crippen LogP contribution in [0.5, 0.6) is 0 Å². The highest BCUT2D eigenvalue weighted by molar-refractivity contribution is 5.09. The predicted molar refractivity (Wildman–Crippen MR) is 72.8 cm³/mol. The van der Waals surface area contributed by atoms with E-state index in [4.69, 9.17) is 5.73 Å². The lowest BCUT2D eigenvalue weighted by Gasteiger charge is -2.16. The highest BCUT2D eigenvalue weighted by atomic mass is 15.1. The Balaban J connectivity index is 2.23. The maximum absolute atomic E-state index is 5.73. The Labute approximate surface area is 105 Å². The molecule has 0 saturated carbocycles. The first-order valence-corrected chi connectivity index (χ1v) is 6.44. The molecule has 1 unspecified atom stereocenters. The summed E-state index contributed by atoms with van der Waals surface area (Å²) in [5, 5.41) is 0. The van der Waals surface area contributed by atoms with E-state index in [2.05, 4.69) is 36.0 Å². The number of hydrogen-bond donors (Lipinski definition) is 1. The molecule has 3 heteroatoms. The van der Waals surface area contributed by atoms with E-state index in [1.165, 1.54) is 12.8 Å². The second-order valence-corrected chi connectivity index (χ2v) is 4.98. The molecule has 0 aliphatic heterocycles. The Morgan fingerprint density at radius 2 is 2.12 bits per heavy atom. The minimum atomic E-state index is 0.332. The molecule has 0 spiro atoms. The van der Waals surface area contributed by atoms with Crippen molar-refractivity contribution in [3.63, 3.8) is 0 Å². The van der Waals surface area contributed by atoms with Gasteiger partial charge >= 0.3 is 0 Å². The third-order valence-corrected chi connectivity index (χ3v) is 2.83. The first kappa shape index (κ1) is 14.1. The van der Waals surface area contributed by atoms with E-state index < -0.39 is 0 Å².